The van der Waals surface area contributed by atoms with Gasteiger partial charge in [-0.25, -0.2) is 0 Å². The summed E-state index contributed by atoms with van der Waals surface area (Å²) in [4.78, 5) is 2.15. The molecule has 3 nitrogen and oxygen atoms in total. The Kier molecular flexibility index (Phi) is 4.27. The minimum Gasteiger partial charge on any atom is -0.365 e. The van der Waals surface area contributed by atoms with E-state index in [1.807, 2.05) is 18.2 Å². The third-order valence-electron chi connectivity index (χ3n) is 2.74. The molecule has 0 radical (unpaired) electrons. The van der Waals surface area contributed by atoms with Crippen molar-refractivity contribution in [2.45, 2.75) is 11.4 Å². The van der Waals surface area contributed by atoms with Crippen molar-refractivity contribution < 1.29 is 4.74 Å². The minimum atomic E-state index is -0.356. The van der Waals surface area contributed by atoms with Gasteiger partial charge < -0.3 is 9.64 Å². The van der Waals surface area contributed by atoms with Crippen LogP contribution < -0.4 is 4.90 Å². The van der Waals surface area contributed by atoms with Crippen molar-refractivity contribution >= 4 is 33.2 Å². The van der Waals surface area contributed by atoms with Gasteiger partial charge in [0.05, 0.1) is 19.2 Å². The Morgan fingerprint density at radius 3 is 3.12 bits per heavy atom. The molecule has 1 aromatic rings. The highest BCUT2D eigenvalue weighted by atomic mass is 79.9. The van der Waals surface area contributed by atoms with E-state index >= 15 is 0 Å². The van der Waals surface area contributed by atoms with Gasteiger partial charge in [-0.15, -0.1) is 0 Å². The van der Waals surface area contributed by atoms with Gasteiger partial charge in [-0.3, -0.25) is 0 Å². The number of hydrogen-bond donors (Lipinski definition) is 0. The van der Waals surface area contributed by atoms with Crippen LogP contribution in [-0.4, -0.2) is 25.8 Å². The first-order chi connectivity index (χ1) is 8.24. The maximum absolute atomic E-state index is 8.90. The molecule has 1 aliphatic rings. The fraction of sp³-hybridized carbons (Fsp3) is 0.417. The van der Waals surface area contributed by atoms with Gasteiger partial charge in [0.2, 0.25) is 0 Å². The third-order valence-corrected chi connectivity index (χ3v) is 3.58. The summed E-state index contributed by atoms with van der Waals surface area (Å²) in [6.45, 7) is 1.96. The zero-order chi connectivity index (χ0) is 12.3. The second-order valence-corrected chi connectivity index (χ2v) is 4.84. The monoisotopic (exact) mass is 314 g/mol. The highest BCUT2D eigenvalue weighted by Crippen LogP contribution is 2.28. The lowest BCUT2D eigenvalue weighted by atomic mass is 10.1. The Morgan fingerprint density at radius 2 is 2.41 bits per heavy atom. The Morgan fingerprint density at radius 1 is 1.59 bits per heavy atom. The molecule has 1 aliphatic heterocycles. The SMILES string of the molecule is N#CC1CN(c2cc(Cl)ccc2CBr)CCO1. The summed E-state index contributed by atoms with van der Waals surface area (Å²) in [5.74, 6) is 0. The fourth-order valence-electron chi connectivity index (χ4n) is 1.89. The van der Waals surface area contributed by atoms with Crippen LogP contribution in [0.2, 0.25) is 5.02 Å². The molecule has 0 bridgehead atoms. The van der Waals surface area contributed by atoms with Gasteiger partial charge in [0.25, 0.3) is 0 Å². The van der Waals surface area contributed by atoms with E-state index in [9.17, 15) is 0 Å². The van der Waals surface area contributed by atoms with Gasteiger partial charge in [0.15, 0.2) is 6.10 Å². The van der Waals surface area contributed by atoms with Gasteiger partial charge in [0, 0.05) is 22.6 Å². The highest BCUT2D eigenvalue weighted by Gasteiger charge is 2.21. The van der Waals surface area contributed by atoms with Crippen molar-refractivity contribution in [2.24, 2.45) is 0 Å². The van der Waals surface area contributed by atoms with Crippen LogP contribution >= 0.6 is 27.5 Å². The van der Waals surface area contributed by atoms with E-state index in [1.165, 1.54) is 5.56 Å². The molecule has 0 spiro atoms. The number of halogens is 2. The summed E-state index contributed by atoms with van der Waals surface area (Å²) >= 11 is 9.49. The molecule has 0 N–H and O–H groups in total. The first kappa shape index (κ1) is 12.7. The molecule has 1 saturated heterocycles. The number of morpholine rings is 1. The van der Waals surface area contributed by atoms with Crippen LogP contribution in [0.25, 0.3) is 0 Å². The zero-order valence-corrected chi connectivity index (χ0v) is 11.5. The van der Waals surface area contributed by atoms with Crippen LogP contribution in [-0.2, 0) is 10.1 Å². The van der Waals surface area contributed by atoms with Crippen LogP contribution in [0.5, 0.6) is 0 Å². The number of alkyl halides is 1. The molecule has 1 aromatic carbocycles. The third kappa shape index (κ3) is 2.92. The quantitative estimate of drug-likeness (QED) is 0.787. The molecule has 0 aliphatic carbocycles. The van der Waals surface area contributed by atoms with Gasteiger partial charge in [-0.2, -0.15) is 5.26 Å². The number of anilines is 1. The number of benzene rings is 1. The topological polar surface area (TPSA) is 36.3 Å². The first-order valence-corrected chi connectivity index (χ1v) is 6.85. The van der Waals surface area contributed by atoms with E-state index in [0.717, 1.165) is 17.6 Å². The average Bonchev–Trinajstić information content (AvgIpc) is 2.39. The number of nitriles is 1. The predicted molar refractivity (Wildman–Crippen MR) is 71.6 cm³/mol. The van der Waals surface area contributed by atoms with Gasteiger partial charge in [-0.05, 0) is 17.7 Å². The van der Waals surface area contributed by atoms with E-state index in [-0.39, 0.29) is 6.10 Å². The number of ether oxygens (including phenoxy) is 1. The molecule has 1 fully saturated rings. The predicted octanol–water partition coefficient (Wildman–Crippen LogP) is 2.96. The molecule has 1 heterocycles. The highest BCUT2D eigenvalue weighted by molar-refractivity contribution is 9.08. The molecule has 17 heavy (non-hydrogen) atoms. The summed E-state index contributed by atoms with van der Waals surface area (Å²) < 4.78 is 5.34. The van der Waals surface area contributed by atoms with Crippen molar-refractivity contribution in [1.29, 1.82) is 5.26 Å². The van der Waals surface area contributed by atoms with Crippen LogP contribution in [0.15, 0.2) is 18.2 Å². The summed E-state index contributed by atoms with van der Waals surface area (Å²) in [6.07, 6.45) is -0.356. The standard InChI is InChI=1S/C12H12BrClN2O/c13-6-9-1-2-10(14)5-12(9)16-3-4-17-11(7-15)8-16/h1-2,5,11H,3-4,6,8H2. The molecule has 0 amide bonds. The maximum Gasteiger partial charge on any atom is 0.161 e. The Balaban J connectivity index is 2.26. The Labute approximate surface area is 114 Å². The van der Waals surface area contributed by atoms with Crippen LogP contribution in [0, 0.1) is 11.3 Å². The lowest BCUT2D eigenvalue weighted by molar-refractivity contribution is 0.0764. The van der Waals surface area contributed by atoms with Crippen molar-refractivity contribution in [2.75, 3.05) is 24.6 Å². The van der Waals surface area contributed by atoms with E-state index in [1.54, 1.807) is 0 Å². The molecule has 0 aromatic heterocycles. The molecule has 0 saturated carbocycles. The first-order valence-electron chi connectivity index (χ1n) is 5.35. The molecule has 1 atom stereocenters. The van der Waals surface area contributed by atoms with E-state index in [4.69, 9.17) is 21.6 Å². The van der Waals surface area contributed by atoms with E-state index < -0.39 is 0 Å². The van der Waals surface area contributed by atoms with Crippen molar-refractivity contribution in [1.82, 2.24) is 0 Å². The minimum absolute atomic E-state index is 0.356. The average molecular weight is 316 g/mol. The van der Waals surface area contributed by atoms with Gasteiger partial charge in [0.1, 0.15) is 0 Å². The molecule has 5 heteroatoms. The number of hydrogen-bond acceptors (Lipinski definition) is 3. The Hall–Kier alpha value is -0.760. The van der Waals surface area contributed by atoms with Gasteiger partial charge >= 0.3 is 0 Å². The zero-order valence-electron chi connectivity index (χ0n) is 9.20. The maximum atomic E-state index is 8.90. The van der Waals surface area contributed by atoms with Gasteiger partial charge in [-0.1, -0.05) is 33.6 Å². The van der Waals surface area contributed by atoms with Crippen molar-refractivity contribution in [3.05, 3.63) is 28.8 Å². The fourth-order valence-corrected chi connectivity index (χ4v) is 2.53. The second kappa shape index (κ2) is 5.72. The number of rotatable bonds is 2. The van der Waals surface area contributed by atoms with E-state index in [2.05, 4.69) is 26.9 Å². The summed E-state index contributed by atoms with van der Waals surface area (Å²) in [7, 11) is 0. The summed E-state index contributed by atoms with van der Waals surface area (Å²) in [6, 6.07) is 7.97. The molecule has 2 rings (SSSR count). The molecular formula is C12H12BrClN2O. The number of nitrogens with zero attached hydrogens (tertiary/aromatic N) is 2. The lowest BCUT2D eigenvalue weighted by Crippen LogP contribution is -2.42. The smallest absolute Gasteiger partial charge is 0.161 e. The van der Waals surface area contributed by atoms with Crippen molar-refractivity contribution in [3.8, 4) is 6.07 Å². The Bertz CT molecular complexity index is 447. The normalized spacial score (nSPS) is 20.1. The molecular weight excluding hydrogens is 304 g/mol. The van der Waals surface area contributed by atoms with Crippen LogP contribution in [0.1, 0.15) is 5.56 Å². The van der Waals surface area contributed by atoms with Crippen LogP contribution in [0.3, 0.4) is 0 Å². The second-order valence-electron chi connectivity index (χ2n) is 3.84. The molecule has 1 unspecified atom stereocenters. The summed E-state index contributed by atoms with van der Waals surface area (Å²) in [5, 5.41) is 10.4. The molecule has 90 valence electrons. The lowest BCUT2D eigenvalue weighted by Gasteiger charge is -2.33. The van der Waals surface area contributed by atoms with Crippen molar-refractivity contribution in [3.63, 3.8) is 0 Å². The van der Waals surface area contributed by atoms with E-state index in [0.29, 0.717) is 18.2 Å². The summed E-state index contributed by atoms with van der Waals surface area (Å²) in [5.41, 5.74) is 2.26. The largest absolute Gasteiger partial charge is 0.365 e. The van der Waals surface area contributed by atoms with Crippen LogP contribution in [0.4, 0.5) is 5.69 Å².